The van der Waals surface area contributed by atoms with E-state index in [4.69, 9.17) is 0 Å². The van der Waals surface area contributed by atoms with E-state index in [1.54, 1.807) is 18.2 Å². The minimum Gasteiger partial charge on any atom is -0.481 e. The Morgan fingerprint density at radius 3 is 2.49 bits per heavy atom. The van der Waals surface area contributed by atoms with Crippen LogP contribution in [0.5, 0.6) is 0 Å². The third kappa shape index (κ3) is 9.16. The maximum absolute atomic E-state index is 11.7. The predicted molar refractivity (Wildman–Crippen MR) is 139 cm³/mol. The molecule has 2 unspecified atom stereocenters. The molecule has 0 fully saturated rings. The van der Waals surface area contributed by atoms with Gasteiger partial charge in [0.05, 0.1) is 44.9 Å². The molecule has 1 aromatic rings. The molecule has 0 bridgehead atoms. The number of allylic oxidation sites excluding steroid dienone is 5. The van der Waals surface area contributed by atoms with Crippen LogP contribution < -0.4 is 0 Å². The van der Waals surface area contributed by atoms with E-state index in [0.29, 0.717) is 35.4 Å². The maximum atomic E-state index is 11.7. The number of carboxylic acid groups (broad SMARTS) is 2. The van der Waals surface area contributed by atoms with Crippen molar-refractivity contribution in [1.82, 2.24) is 9.55 Å². The lowest BCUT2D eigenvalue weighted by Crippen LogP contribution is -2.51. The van der Waals surface area contributed by atoms with Gasteiger partial charge >= 0.3 is 11.9 Å². The second-order valence-electron chi connectivity index (χ2n) is 9.73. The summed E-state index contributed by atoms with van der Waals surface area (Å²) in [6.45, 7) is 4.17. The van der Waals surface area contributed by atoms with E-state index in [0.717, 1.165) is 17.3 Å². The lowest BCUT2D eigenvalue weighted by Gasteiger charge is -2.30. The van der Waals surface area contributed by atoms with Gasteiger partial charge in [-0.25, -0.2) is 9.78 Å². The number of hydrogen-bond acceptors (Lipinski definition) is 4. The number of aliphatic carboxylic acids is 2. The summed E-state index contributed by atoms with van der Waals surface area (Å²) in [6.07, 6.45) is 11.3. The van der Waals surface area contributed by atoms with Crippen molar-refractivity contribution in [2.75, 3.05) is 21.1 Å². The molecule has 7 nitrogen and oxygen atoms in total. The summed E-state index contributed by atoms with van der Waals surface area (Å²) in [4.78, 5) is 27.6. The number of carboxylic acids is 2. The van der Waals surface area contributed by atoms with Crippen molar-refractivity contribution in [3.05, 3.63) is 41.6 Å². The molecule has 0 amide bonds. The molecule has 0 spiro atoms. The second kappa shape index (κ2) is 13.0. The molecule has 1 aromatic heterocycles. The first-order valence-electron chi connectivity index (χ1n) is 11.5. The van der Waals surface area contributed by atoms with Crippen LogP contribution in [-0.2, 0) is 16.0 Å². The molecule has 0 radical (unpaired) electrons. The van der Waals surface area contributed by atoms with Crippen molar-refractivity contribution < 1.29 is 24.3 Å². The number of fused-ring (bicyclic) bond motifs is 1. The lowest BCUT2D eigenvalue weighted by atomic mass is 9.95. The van der Waals surface area contributed by atoms with Gasteiger partial charge < -0.3 is 14.7 Å². The first kappa shape index (κ1) is 28.0. The number of thioether (sulfide) groups is 1. The quantitative estimate of drug-likeness (QED) is 0.374. The highest BCUT2D eigenvalue weighted by atomic mass is 32.2. The summed E-state index contributed by atoms with van der Waals surface area (Å²) in [7, 11) is 5.58. The molecular formula is C27H34N3O4S+. The molecule has 2 N–H and O–H groups in total. The van der Waals surface area contributed by atoms with Gasteiger partial charge in [-0.3, -0.25) is 9.36 Å². The van der Waals surface area contributed by atoms with Crippen LogP contribution in [-0.4, -0.2) is 63.4 Å². The molecule has 1 aliphatic heterocycles. The summed E-state index contributed by atoms with van der Waals surface area (Å²) >= 11 is 1.47. The second-order valence-corrected chi connectivity index (χ2v) is 10.6. The van der Waals surface area contributed by atoms with Crippen LogP contribution >= 0.6 is 11.8 Å². The van der Waals surface area contributed by atoms with E-state index in [2.05, 4.69) is 42.5 Å². The zero-order valence-corrected chi connectivity index (χ0v) is 21.8. The standard InChI is InChI=1S/C27H33N3O4S/c1-20(2)14-15-21(25(31)32)12-10-8-6-7-9-11-13-23-16-17-35-27-28-22(19-29(23)27)18-24(26(33)34)30(3,4)5/h8,10,13,16-17,19-21,24H,12,14-15,18H2,1-5H3,(H-,31,32,33,34)/p+1/b10-8+,23-13+. The molecule has 2 atom stereocenters. The van der Waals surface area contributed by atoms with Gasteiger partial charge in [-0.15, -0.1) is 0 Å². The van der Waals surface area contributed by atoms with E-state index in [1.807, 2.05) is 43.4 Å². The molecule has 2 rings (SSSR count). The van der Waals surface area contributed by atoms with Crippen molar-refractivity contribution >= 4 is 29.4 Å². The smallest absolute Gasteiger partial charge is 0.362 e. The first-order valence-corrected chi connectivity index (χ1v) is 12.4. The Labute approximate surface area is 212 Å². The highest BCUT2D eigenvalue weighted by Gasteiger charge is 2.32. The largest absolute Gasteiger partial charge is 0.481 e. The molecule has 0 aromatic carbocycles. The Morgan fingerprint density at radius 1 is 1.14 bits per heavy atom. The highest BCUT2D eigenvalue weighted by Crippen LogP contribution is 2.29. The summed E-state index contributed by atoms with van der Waals surface area (Å²) < 4.78 is 2.21. The fourth-order valence-electron chi connectivity index (χ4n) is 3.42. The van der Waals surface area contributed by atoms with E-state index in [-0.39, 0.29) is 5.92 Å². The number of likely N-dealkylation sites (N-methyl/N-ethyl adjacent to an activating group) is 1. The predicted octanol–water partition coefficient (Wildman–Crippen LogP) is 4.14. The third-order valence-corrected chi connectivity index (χ3v) is 6.30. The fraction of sp³-hybridized carbons (Fsp3) is 0.444. The van der Waals surface area contributed by atoms with Gasteiger partial charge in [0, 0.05) is 12.3 Å². The molecule has 0 saturated carbocycles. The van der Waals surface area contributed by atoms with Crippen molar-refractivity contribution in [3.63, 3.8) is 0 Å². The summed E-state index contributed by atoms with van der Waals surface area (Å²) in [6, 6.07) is -0.596. The summed E-state index contributed by atoms with van der Waals surface area (Å²) in [5, 5.41) is 21.6. The number of rotatable bonds is 10. The van der Waals surface area contributed by atoms with Crippen LogP contribution in [0.2, 0.25) is 0 Å². The topological polar surface area (TPSA) is 92.4 Å². The first-order chi connectivity index (χ1) is 16.5. The van der Waals surface area contributed by atoms with Gasteiger partial charge in [0.15, 0.2) is 11.2 Å². The molecule has 1 aliphatic rings. The van der Waals surface area contributed by atoms with Gasteiger partial charge in [0.2, 0.25) is 0 Å². The Balaban J connectivity index is 2.03. The van der Waals surface area contributed by atoms with Crippen LogP contribution in [0.3, 0.4) is 0 Å². The molecule has 2 heterocycles. The Hall–Kier alpha value is -3.20. The Morgan fingerprint density at radius 2 is 1.86 bits per heavy atom. The van der Waals surface area contributed by atoms with Gasteiger partial charge in [-0.1, -0.05) is 49.9 Å². The number of imidazole rings is 1. The van der Waals surface area contributed by atoms with Crippen LogP contribution in [0.25, 0.3) is 5.70 Å². The van der Waals surface area contributed by atoms with Crippen LogP contribution in [0, 0.1) is 35.5 Å². The van der Waals surface area contributed by atoms with E-state index < -0.39 is 18.0 Å². The number of hydrogen-bond donors (Lipinski definition) is 2. The van der Waals surface area contributed by atoms with Gasteiger partial charge in [0.1, 0.15) is 0 Å². The molecule has 8 heteroatoms. The maximum Gasteiger partial charge on any atom is 0.362 e. The normalized spacial score (nSPS) is 15.8. The van der Waals surface area contributed by atoms with Crippen LogP contribution in [0.15, 0.2) is 41.1 Å². The van der Waals surface area contributed by atoms with Crippen LogP contribution in [0.1, 0.15) is 38.8 Å². The van der Waals surface area contributed by atoms with Crippen molar-refractivity contribution in [2.45, 2.75) is 50.7 Å². The number of nitrogens with zero attached hydrogens (tertiary/aromatic N) is 3. The zero-order valence-electron chi connectivity index (χ0n) is 21.0. The highest BCUT2D eigenvalue weighted by molar-refractivity contribution is 8.02. The van der Waals surface area contributed by atoms with E-state index in [9.17, 15) is 19.8 Å². The molecule has 186 valence electrons. The van der Waals surface area contributed by atoms with E-state index >= 15 is 0 Å². The van der Waals surface area contributed by atoms with Crippen LogP contribution in [0.4, 0.5) is 0 Å². The monoisotopic (exact) mass is 496 g/mol. The Kier molecular flexibility index (Phi) is 10.4. The van der Waals surface area contributed by atoms with Gasteiger partial charge in [-0.05, 0) is 48.2 Å². The van der Waals surface area contributed by atoms with Crippen molar-refractivity contribution in [2.24, 2.45) is 11.8 Å². The summed E-state index contributed by atoms with van der Waals surface area (Å²) in [5.74, 6) is 9.75. The minimum absolute atomic E-state index is 0.305. The van der Waals surface area contributed by atoms with Crippen molar-refractivity contribution in [1.29, 1.82) is 0 Å². The fourth-order valence-corrected chi connectivity index (χ4v) is 4.19. The zero-order chi connectivity index (χ0) is 26.0. The molecule has 35 heavy (non-hydrogen) atoms. The van der Waals surface area contributed by atoms with Crippen molar-refractivity contribution in [3.8, 4) is 23.7 Å². The van der Waals surface area contributed by atoms with E-state index in [1.165, 1.54) is 11.8 Å². The number of carbonyl (C=O) groups is 2. The van der Waals surface area contributed by atoms with Gasteiger partial charge in [-0.2, -0.15) is 0 Å². The number of quaternary nitrogens is 1. The number of aromatic nitrogens is 2. The summed E-state index contributed by atoms with van der Waals surface area (Å²) in [5.41, 5.74) is 1.54. The lowest BCUT2D eigenvalue weighted by molar-refractivity contribution is -0.887. The average Bonchev–Trinajstić information content (AvgIpc) is 3.18. The Bertz CT molecular complexity index is 1130. The molecule has 0 saturated heterocycles. The SMILES string of the molecule is CC(C)CCC(C/C=C/C#CC#C/C=C1\C=CSc2nc(CC(C(=O)O)[N+](C)(C)C)cn21)C(=O)O. The average molecular weight is 497 g/mol. The molecular weight excluding hydrogens is 462 g/mol. The minimum atomic E-state index is -0.849. The molecule has 0 aliphatic carbocycles. The van der Waals surface area contributed by atoms with Gasteiger partial charge in [0.25, 0.3) is 0 Å². The third-order valence-electron chi connectivity index (χ3n) is 5.53.